The van der Waals surface area contributed by atoms with Gasteiger partial charge < -0.3 is 14.5 Å². The Labute approximate surface area is 172 Å². The first-order chi connectivity index (χ1) is 14.1. The fourth-order valence-corrected chi connectivity index (χ4v) is 4.05. The number of methoxy groups -OCH3 is 1. The van der Waals surface area contributed by atoms with E-state index in [1.807, 2.05) is 58.3 Å². The molecule has 4 rings (SSSR count). The summed E-state index contributed by atoms with van der Waals surface area (Å²) in [4.78, 5) is 29.1. The number of likely N-dealkylation sites (tertiary alicyclic amines) is 1. The molecule has 152 valence electrons. The van der Waals surface area contributed by atoms with Gasteiger partial charge in [0.15, 0.2) is 0 Å². The molecule has 1 saturated carbocycles. The minimum absolute atomic E-state index is 0.0124. The summed E-state index contributed by atoms with van der Waals surface area (Å²) in [5.74, 6) is 1.56. The monoisotopic (exact) mass is 392 g/mol. The van der Waals surface area contributed by atoms with Crippen LogP contribution in [0.1, 0.15) is 48.5 Å². The lowest BCUT2D eigenvalue weighted by Gasteiger charge is -2.30. The molecule has 2 amide bonds. The van der Waals surface area contributed by atoms with Crippen LogP contribution in [0.25, 0.3) is 0 Å². The lowest BCUT2D eigenvalue weighted by Crippen LogP contribution is -2.40. The van der Waals surface area contributed by atoms with E-state index in [2.05, 4.69) is 6.92 Å². The summed E-state index contributed by atoms with van der Waals surface area (Å²) in [7, 11) is 1.64. The van der Waals surface area contributed by atoms with Crippen molar-refractivity contribution in [3.8, 4) is 5.75 Å². The molecule has 2 aromatic carbocycles. The summed E-state index contributed by atoms with van der Waals surface area (Å²) in [6.07, 6.45) is 3.92. The maximum Gasteiger partial charge on any atom is 0.258 e. The van der Waals surface area contributed by atoms with Gasteiger partial charge in [-0.05, 0) is 74.1 Å². The number of amides is 2. The second-order valence-corrected chi connectivity index (χ2v) is 8.07. The van der Waals surface area contributed by atoms with Crippen molar-refractivity contribution in [2.24, 2.45) is 5.92 Å². The van der Waals surface area contributed by atoms with E-state index in [1.54, 1.807) is 7.11 Å². The van der Waals surface area contributed by atoms with Gasteiger partial charge in [-0.2, -0.15) is 0 Å². The van der Waals surface area contributed by atoms with Crippen LogP contribution in [-0.4, -0.2) is 36.4 Å². The normalized spacial score (nSPS) is 17.3. The molecule has 5 heteroatoms. The van der Waals surface area contributed by atoms with Crippen molar-refractivity contribution >= 4 is 17.5 Å². The third-order valence-electron chi connectivity index (χ3n) is 6.03. The van der Waals surface area contributed by atoms with E-state index in [4.69, 9.17) is 4.74 Å². The average Bonchev–Trinajstić information content (AvgIpc) is 3.52. The number of benzene rings is 2. The second kappa shape index (κ2) is 8.27. The Hall–Kier alpha value is -2.82. The maximum atomic E-state index is 13.4. The van der Waals surface area contributed by atoms with Gasteiger partial charge in [0.2, 0.25) is 5.91 Å². The number of hydrogen-bond acceptors (Lipinski definition) is 3. The quantitative estimate of drug-likeness (QED) is 0.707. The molecule has 0 spiro atoms. The largest absolute Gasteiger partial charge is 0.497 e. The van der Waals surface area contributed by atoms with Gasteiger partial charge in [-0.15, -0.1) is 0 Å². The number of nitrogens with zero attached hydrogens (tertiary/aromatic N) is 2. The van der Waals surface area contributed by atoms with Gasteiger partial charge in [-0.1, -0.05) is 12.1 Å². The van der Waals surface area contributed by atoms with Gasteiger partial charge in [-0.3, -0.25) is 9.59 Å². The zero-order valence-corrected chi connectivity index (χ0v) is 17.1. The summed E-state index contributed by atoms with van der Waals surface area (Å²) < 4.78 is 5.26. The SMILES string of the molecule is COc1ccc(N(C(=O)c2ccc(CN3CCCC3=O)cc2)C(C)C2CC2)cc1. The van der Waals surface area contributed by atoms with Gasteiger partial charge in [-0.25, -0.2) is 0 Å². The minimum Gasteiger partial charge on any atom is -0.497 e. The van der Waals surface area contributed by atoms with Crippen molar-refractivity contribution in [2.45, 2.75) is 45.2 Å². The van der Waals surface area contributed by atoms with E-state index < -0.39 is 0 Å². The molecule has 1 atom stereocenters. The van der Waals surface area contributed by atoms with Gasteiger partial charge in [0.1, 0.15) is 5.75 Å². The Morgan fingerprint density at radius 1 is 1.14 bits per heavy atom. The minimum atomic E-state index is 0.0124. The molecule has 0 bridgehead atoms. The van der Waals surface area contributed by atoms with E-state index in [0.29, 0.717) is 24.4 Å². The summed E-state index contributed by atoms with van der Waals surface area (Å²) >= 11 is 0. The number of hydrogen-bond donors (Lipinski definition) is 0. The number of carbonyl (C=O) groups is 2. The van der Waals surface area contributed by atoms with Crippen molar-refractivity contribution in [1.82, 2.24) is 4.90 Å². The predicted octanol–water partition coefficient (Wildman–Crippen LogP) is 4.26. The van der Waals surface area contributed by atoms with E-state index >= 15 is 0 Å². The van der Waals surface area contributed by atoms with Crippen LogP contribution in [0.2, 0.25) is 0 Å². The van der Waals surface area contributed by atoms with Crippen molar-refractivity contribution in [3.63, 3.8) is 0 Å². The van der Waals surface area contributed by atoms with Crippen LogP contribution in [0.5, 0.6) is 5.75 Å². The maximum absolute atomic E-state index is 13.4. The highest BCUT2D eigenvalue weighted by atomic mass is 16.5. The highest BCUT2D eigenvalue weighted by molar-refractivity contribution is 6.06. The third-order valence-corrected chi connectivity index (χ3v) is 6.03. The molecular formula is C24H28N2O3. The molecular weight excluding hydrogens is 364 g/mol. The van der Waals surface area contributed by atoms with Crippen molar-refractivity contribution in [1.29, 1.82) is 0 Å². The van der Waals surface area contributed by atoms with Crippen LogP contribution in [0.3, 0.4) is 0 Å². The number of carbonyl (C=O) groups excluding carboxylic acids is 2. The van der Waals surface area contributed by atoms with Crippen molar-refractivity contribution in [3.05, 3.63) is 59.7 Å². The topological polar surface area (TPSA) is 49.9 Å². The first kappa shape index (κ1) is 19.5. The molecule has 1 heterocycles. The molecule has 1 unspecified atom stereocenters. The highest BCUT2D eigenvalue weighted by Crippen LogP contribution is 2.38. The van der Waals surface area contributed by atoms with Crippen LogP contribution < -0.4 is 9.64 Å². The first-order valence-electron chi connectivity index (χ1n) is 10.4. The molecule has 5 nitrogen and oxygen atoms in total. The zero-order valence-electron chi connectivity index (χ0n) is 17.1. The smallest absolute Gasteiger partial charge is 0.258 e. The van der Waals surface area contributed by atoms with Gasteiger partial charge >= 0.3 is 0 Å². The Balaban J connectivity index is 1.54. The van der Waals surface area contributed by atoms with E-state index in [-0.39, 0.29) is 17.9 Å². The molecule has 0 aromatic heterocycles. The number of rotatable bonds is 7. The Morgan fingerprint density at radius 2 is 1.83 bits per heavy atom. The van der Waals surface area contributed by atoms with Gasteiger partial charge in [0.05, 0.1) is 7.11 Å². The molecule has 2 fully saturated rings. The fraction of sp³-hybridized carbons (Fsp3) is 0.417. The second-order valence-electron chi connectivity index (χ2n) is 8.07. The van der Waals surface area contributed by atoms with Crippen molar-refractivity contribution < 1.29 is 14.3 Å². The average molecular weight is 392 g/mol. The van der Waals surface area contributed by atoms with E-state index in [0.717, 1.165) is 30.0 Å². The summed E-state index contributed by atoms with van der Waals surface area (Å²) in [6, 6.07) is 15.5. The van der Waals surface area contributed by atoms with Crippen LogP contribution >= 0.6 is 0 Å². The molecule has 2 aromatic rings. The molecule has 2 aliphatic rings. The van der Waals surface area contributed by atoms with E-state index in [9.17, 15) is 9.59 Å². The molecule has 0 radical (unpaired) electrons. The van der Waals surface area contributed by atoms with Crippen LogP contribution in [0.4, 0.5) is 5.69 Å². The number of anilines is 1. The first-order valence-corrected chi connectivity index (χ1v) is 10.4. The van der Waals surface area contributed by atoms with E-state index in [1.165, 1.54) is 12.8 Å². The Bertz CT molecular complexity index is 872. The van der Waals surface area contributed by atoms with Gasteiger partial charge in [0.25, 0.3) is 5.91 Å². The lowest BCUT2D eigenvalue weighted by atomic mass is 10.1. The zero-order chi connectivity index (χ0) is 20.4. The predicted molar refractivity (Wildman–Crippen MR) is 113 cm³/mol. The fourth-order valence-electron chi connectivity index (χ4n) is 4.05. The number of ether oxygens (including phenoxy) is 1. The standard InChI is InChI=1S/C24H28N2O3/c1-17(19-9-10-19)26(21-11-13-22(29-2)14-12-21)24(28)20-7-5-18(6-8-20)16-25-15-3-4-23(25)27/h5-8,11-14,17,19H,3-4,9-10,15-16H2,1-2H3. The Morgan fingerprint density at radius 3 is 2.38 bits per heavy atom. The van der Waals surface area contributed by atoms with Gasteiger partial charge in [0, 0.05) is 36.8 Å². The van der Waals surface area contributed by atoms with Crippen LogP contribution in [0, 0.1) is 5.92 Å². The lowest BCUT2D eigenvalue weighted by molar-refractivity contribution is -0.128. The molecule has 0 N–H and O–H groups in total. The Kier molecular flexibility index (Phi) is 5.56. The van der Waals surface area contributed by atoms with Crippen molar-refractivity contribution in [2.75, 3.05) is 18.6 Å². The molecule has 1 aliphatic heterocycles. The van der Waals surface area contributed by atoms with Crippen LogP contribution in [-0.2, 0) is 11.3 Å². The highest BCUT2D eigenvalue weighted by Gasteiger charge is 2.35. The molecule has 1 aliphatic carbocycles. The van der Waals surface area contributed by atoms with Crippen LogP contribution in [0.15, 0.2) is 48.5 Å². The molecule has 1 saturated heterocycles. The summed E-state index contributed by atoms with van der Waals surface area (Å²) in [5, 5.41) is 0. The molecule has 29 heavy (non-hydrogen) atoms. The third kappa shape index (κ3) is 4.29. The summed E-state index contributed by atoms with van der Waals surface area (Å²) in [6.45, 7) is 3.57. The summed E-state index contributed by atoms with van der Waals surface area (Å²) in [5.41, 5.74) is 2.62.